The Morgan fingerprint density at radius 1 is 0.605 bits per heavy atom. The lowest BCUT2D eigenvalue weighted by Crippen LogP contribution is -2.19. The summed E-state index contributed by atoms with van der Waals surface area (Å²) in [7, 11) is 4.26. The van der Waals surface area contributed by atoms with E-state index in [0.29, 0.717) is 76.0 Å². The molecule has 0 spiro atoms. The Labute approximate surface area is 252 Å². The van der Waals surface area contributed by atoms with Gasteiger partial charge in [-0.3, -0.25) is 4.79 Å². The largest absolute Gasteiger partial charge is 0.495 e. The molecule has 2 N–H and O–H groups in total. The third-order valence-electron chi connectivity index (χ3n) is 7.51. The summed E-state index contributed by atoms with van der Waals surface area (Å²) in [5, 5.41) is 0. The van der Waals surface area contributed by atoms with Gasteiger partial charge in [-0.15, -0.1) is 0 Å². The molecule has 0 aliphatic heterocycles. The molecule has 0 aliphatic carbocycles. The molecule has 0 saturated carbocycles. The first-order valence-corrected chi connectivity index (χ1v) is 13.7. The lowest BCUT2D eigenvalue weighted by atomic mass is 9.95. The summed E-state index contributed by atoms with van der Waals surface area (Å²) in [5.41, 5.74) is 10.3. The summed E-state index contributed by atoms with van der Waals surface area (Å²) in [5.74, 6) is 0.499. The summed E-state index contributed by atoms with van der Waals surface area (Å²) in [6.45, 7) is 11.5. The summed E-state index contributed by atoms with van der Waals surface area (Å²) in [4.78, 5) is 37.3. The van der Waals surface area contributed by atoms with Gasteiger partial charge in [-0.05, 0) is 88.1 Å². The summed E-state index contributed by atoms with van der Waals surface area (Å²) in [6.07, 6.45) is 0.587. The molecule has 43 heavy (non-hydrogen) atoms. The molecule has 0 radical (unpaired) electrons. The van der Waals surface area contributed by atoms with Crippen LogP contribution >= 0.6 is 0 Å². The molecule has 10 nitrogen and oxygen atoms in total. The molecule has 0 saturated heterocycles. The van der Waals surface area contributed by atoms with E-state index in [-0.39, 0.29) is 16.9 Å². The molecule has 0 aromatic heterocycles. The number of hydrogen-bond donors (Lipinski definition) is 1. The van der Waals surface area contributed by atoms with Crippen LogP contribution in [0.3, 0.4) is 0 Å². The number of methoxy groups -OCH3 is 3. The highest BCUT2D eigenvalue weighted by Gasteiger charge is 2.28. The van der Waals surface area contributed by atoms with E-state index in [2.05, 4.69) is 0 Å². The van der Waals surface area contributed by atoms with Crippen LogP contribution in [0.25, 0.3) is 0 Å². The molecule has 0 unspecified atom stereocenters. The Hall–Kier alpha value is -4.73. The second-order valence-electron chi connectivity index (χ2n) is 10.0. The zero-order chi connectivity index (χ0) is 32.0. The summed E-state index contributed by atoms with van der Waals surface area (Å²) >= 11 is 0. The van der Waals surface area contributed by atoms with Gasteiger partial charge in [0.15, 0.2) is 0 Å². The molecule has 0 bridgehead atoms. The van der Waals surface area contributed by atoms with E-state index in [1.807, 2.05) is 20.8 Å². The minimum atomic E-state index is -0.626. The van der Waals surface area contributed by atoms with E-state index < -0.39 is 17.8 Å². The average Bonchev–Trinajstić information content (AvgIpc) is 2.99. The number of esters is 2. The van der Waals surface area contributed by atoms with Crippen LogP contribution in [0.4, 0.5) is 0 Å². The van der Waals surface area contributed by atoms with E-state index >= 15 is 0 Å². The van der Waals surface area contributed by atoms with E-state index in [4.69, 9.17) is 34.2 Å². The van der Waals surface area contributed by atoms with Crippen molar-refractivity contribution in [2.75, 3.05) is 34.5 Å². The number of carbonyl (C=O) groups is 3. The number of amides is 1. The highest BCUT2D eigenvalue weighted by atomic mass is 16.5. The molecule has 3 aromatic rings. The molecule has 0 heterocycles. The van der Waals surface area contributed by atoms with Gasteiger partial charge >= 0.3 is 11.9 Å². The van der Waals surface area contributed by atoms with E-state index in [9.17, 15) is 14.4 Å². The molecule has 230 valence electrons. The Morgan fingerprint density at radius 3 is 1.67 bits per heavy atom. The fraction of sp³-hybridized carbons (Fsp3) is 0.364. The van der Waals surface area contributed by atoms with Gasteiger partial charge in [0.05, 0.1) is 45.7 Å². The predicted molar refractivity (Wildman–Crippen MR) is 161 cm³/mol. The number of rotatable bonds is 12. The topological polar surface area (TPSA) is 133 Å². The van der Waals surface area contributed by atoms with Crippen molar-refractivity contribution in [1.29, 1.82) is 0 Å². The van der Waals surface area contributed by atoms with Gasteiger partial charge in [0, 0.05) is 17.5 Å². The molecule has 10 heteroatoms. The molecule has 0 fully saturated rings. The number of ether oxygens (including phenoxy) is 6. The van der Waals surface area contributed by atoms with Crippen LogP contribution in [0.5, 0.6) is 28.7 Å². The van der Waals surface area contributed by atoms with Gasteiger partial charge in [-0.2, -0.15) is 0 Å². The SMILES string of the molecule is COC(=O)c1ccc(OCCCOc2c(C)c(C)c(C(=O)Oc3c(C)c(C)c(C(N)=O)c(OC)c3C)c(OC)c2C)cc1. The Morgan fingerprint density at radius 2 is 1.12 bits per heavy atom. The van der Waals surface area contributed by atoms with Gasteiger partial charge in [0.2, 0.25) is 0 Å². The van der Waals surface area contributed by atoms with Crippen LogP contribution in [-0.2, 0) is 4.74 Å². The second-order valence-corrected chi connectivity index (χ2v) is 10.0. The minimum Gasteiger partial charge on any atom is -0.495 e. The van der Waals surface area contributed by atoms with Gasteiger partial charge in [-0.25, -0.2) is 9.59 Å². The van der Waals surface area contributed by atoms with Gasteiger partial charge in [0.25, 0.3) is 5.91 Å². The van der Waals surface area contributed by atoms with E-state index in [1.54, 1.807) is 45.0 Å². The number of nitrogens with two attached hydrogens (primary N) is 1. The van der Waals surface area contributed by atoms with Crippen molar-refractivity contribution in [2.24, 2.45) is 5.73 Å². The Kier molecular flexibility index (Phi) is 10.6. The molecular weight excluding hydrogens is 554 g/mol. The van der Waals surface area contributed by atoms with Crippen molar-refractivity contribution in [1.82, 2.24) is 0 Å². The highest BCUT2D eigenvalue weighted by molar-refractivity contribution is 6.00. The first kappa shape index (κ1) is 32.8. The van der Waals surface area contributed by atoms with Crippen molar-refractivity contribution in [3.63, 3.8) is 0 Å². The number of benzene rings is 3. The zero-order valence-corrected chi connectivity index (χ0v) is 26.2. The third kappa shape index (κ3) is 6.69. The second kappa shape index (κ2) is 14.0. The van der Waals surface area contributed by atoms with Crippen molar-refractivity contribution in [3.05, 3.63) is 74.3 Å². The first-order valence-electron chi connectivity index (χ1n) is 13.7. The molecule has 0 atom stereocenters. The van der Waals surface area contributed by atoms with E-state index in [1.165, 1.54) is 21.3 Å². The molecular formula is C33H39NO9. The van der Waals surface area contributed by atoms with Crippen molar-refractivity contribution < 1.29 is 42.8 Å². The highest BCUT2D eigenvalue weighted by Crippen LogP contribution is 2.41. The van der Waals surface area contributed by atoms with Gasteiger partial charge in [-0.1, -0.05) is 0 Å². The van der Waals surface area contributed by atoms with Crippen molar-refractivity contribution >= 4 is 17.8 Å². The fourth-order valence-electron chi connectivity index (χ4n) is 4.99. The molecule has 1 amide bonds. The number of carbonyl (C=O) groups excluding carboxylic acids is 3. The standard InChI is InChI=1S/C33H39NO9/c1-17-20(4)28(22(6)29(38-7)25(17)31(34)35)43-33(37)26-18(2)19(3)27(21(5)30(26)39-8)42-16-10-15-41-24-13-11-23(12-14-24)32(36)40-9/h11-14H,10,15-16H2,1-9H3,(H2,34,35). The van der Waals surface area contributed by atoms with Crippen LogP contribution < -0.4 is 29.4 Å². The van der Waals surface area contributed by atoms with E-state index in [0.717, 1.165) is 5.56 Å². The molecule has 3 aromatic carbocycles. The first-order chi connectivity index (χ1) is 20.4. The predicted octanol–water partition coefficient (Wildman–Crippen LogP) is 5.51. The van der Waals surface area contributed by atoms with Crippen LogP contribution in [0, 0.1) is 41.5 Å². The quantitative estimate of drug-likeness (QED) is 0.164. The van der Waals surface area contributed by atoms with Gasteiger partial charge in [0.1, 0.15) is 34.3 Å². The van der Waals surface area contributed by atoms with Crippen LogP contribution in [0.15, 0.2) is 24.3 Å². The lowest BCUT2D eigenvalue weighted by molar-refractivity contribution is 0.0600. The fourth-order valence-corrected chi connectivity index (χ4v) is 4.99. The Balaban J connectivity index is 1.79. The number of primary amides is 1. The maximum absolute atomic E-state index is 13.7. The minimum absolute atomic E-state index is 0.251. The lowest BCUT2D eigenvalue weighted by Gasteiger charge is -2.22. The summed E-state index contributed by atoms with van der Waals surface area (Å²) < 4.78 is 33.7. The van der Waals surface area contributed by atoms with Crippen molar-refractivity contribution in [2.45, 2.75) is 48.0 Å². The smallest absolute Gasteiger partial charge is 0.347 e. The zero-order valence-electron chi connectivity index (χ0n) is 26.2. The molecule has 0 aliphatic rings. The third-order valence-corrected chi connectivity index (χ3v) is 7.51. The Bertz CT molecular complexity index is 1540. The van der Waals surface area contributed by atoms with Crippen LogP contribution in [0.1, 0.15) is 70.9 Å². The van der Waals surface area contributed by atoms with Crippen LogP contribution in [-0.4, -0.2) is 52.4 Å². The van der Waals surface area contributed by atoms with Crippen LogP contribution in [0.2, 0.25) is 0 Å². The monoisotopic (exact) mass is 593 g/mol. The normalized spacial score (nSPS) is 10.6. The molecule has 3 rings (SSSR count). The average molecular weight is 594 g/mol. The maximum Gasteiger partial charge on any atom is 0.347 e. The maximum atomic E-state index is 13.7. The summed E-state index contributed by atoms with van der Waals surface area (Å²) in [6, 6.07) is 6.70. The van der Waals surface area contributed by atoms with Crippen molar-refractivity contribution in [3.8, 4) is 28.7 Å². The van der Waals surface area contributed by atoms with Gasteiger partial charge < -0.3 is 34.2 Å². The number of hydrogen-bond acceptors (Lipinski definition) is 9.